The van der Waals surface area contributed by atoms with Gasteiger partial charge in [0.1, 0.15) is 17.2 Å². The quantitative estimate of drug-likeness (QED) is 0.521. The maximum Gasteiger partial charge on any atom is 0.261 e. The number of nitrogens with one attached hydrogen (secondary N) is 1. The van der Waals surface area contributed by atoms with Crippen LogP contribution in [-0.2, 0) is 13.0 Å². The van der Waals surface area contributed by atoms with Crippen molar-refractivity contribution in [3.63, 3.8) is 0 Å². The van der Waals surface area contributed by atoms with E-state index in [-0.39, 0.29) is 5.91 Å². The number of carbonyl (C=O) groups excluding carboxylic acids is 1. The third-order valence-electron chi connectivity index (χ3n) is 5.07. The van der Waals surface area contributed by atoms with Crippen LogP contribution in [0.4, 0.5) is 9.52 Å². The van der Waals surface area contributed by atoms with Crippen LogP contribution in [0, 0.1) is 17.1 Å². The maximum absolute atomic E-state index is 14.4. The number of aryl methyl sites for hydroxylation is 1. The smallest absolute Gasteiger partial charge is 0.261 e. The van der Waals surface area contributed by atoms with Crippen LogP contribution in [-0.4, -0.2) is 25.7 Å². The van der Waals surface area contributed by atoms with Gasteiger partial charge in [-0.1, -0.05) is 12.1 Å². The molecule has 1 aliphatic heterocycles. The molecule has 0 unspecified atom stereocenters. The number of pyridine rings is 1. The molecule has 0 spiro atoms. The van der Waals surface area contributed by atoms with Crippen molar-refractivity contribution < 1.29 is 9.18 Å². The molecular formula is C22H15FN6OS. The Morgan fingerprint density at radius 3 is 2.97 bits per heavy atom. The molecular weight excluding hydrogens is 415 g/mol. The molecule has 9 heteroatoms. The summed E-state index contributed by atoms with van der Waals surface area (Å²) < 4.78 is 16.2. The molecule has 0 radical (unpaired) electrons. The summed E-state index contributed by atoms with van der Waals surface area (Å²) in [6.07, 6.45) is 3.14. The lowest BCUT2D eigenvalue weighted by Crippen LogP contribution is -2.14. The average molecular weight is 430 g/mol. The largest absolute Gasteiger partial charge is 0.298 e. The van der Waals surface area contributed by atoms with E-state index in [1.54, 1.807) is 46.6 Å². The van der Waals surface area contributed by atoms with Crippen LogP contribution in [0.3, 0.4) is 0 Å². The van der Waals surface area contributed by atoms with Crippen molar-refractivity contribution >= 4 is 22.4 Å². The monoisotopic (exact) mass is 430 g/mol. The standard InChI is InChI=1S/C22H15FN6OS/c23-15-5-2-1-4-14(15)20-19(18-6-3-9-29(18)28-20)21(30)27-22-26-17(12-31-22)16-10-13(11-24)7-8-25-16/h1-2,4-5,7-8,10,12H,3,6,9H2,(H,26,27,30). The first kappa shape index (κ1) is 19.1. The summed E-state index contributed by atoms with van der Waals surface area (Å²) in [5, 5.41) is 18.6. The fourth-order valence-electron chi connectivity index (χ4n) is 3.66. The second-order valence-electron chi connectivity index (χ2n) is 7.01. The molecule has 4 heterocycles. The van der Waals surface area contributed by atoms with Gasteiger partial charge in [-0.3, -0.25) is 19.8 Å². The average Bonchev–Trinajstić information content (AvgIpc) is 3.50. The number of nitriles is 1. The summed E-state index contributed by atoms with van der Waals surface area (Å²) in [6.45, 7) is 0.701. The van der Waals surface area contributed by atoms with E-state index in [1.807, 2.05) is 0 Å². The minimum absolute atomic E-state index is 0.298. The molecule has 0 bridgehead atoms. The number of aromatic nitrogens is 4. The Bertz CT molecular complexity index is 1350. The van der Waals surface area contributed by atoms with Gasteiger partial charge in [-0.05, 0) is 37.1 Å². The van der Waals surface area contributed by atoms with Gasteiger partial charge in [-0.2, -0.15) is 10.4 Å². The number of halogens is 1. The Balaban J connectivity index is 1.48. The normalized spacial score (nSPS) is 12.4. The summed E-state index contributed by atoms with van der Waals surface area (Å²) in [5.74, 6) is -0.797. The predicted octanol–water partition coefficient (Wildman–Crippen LogP) is 4.28. The van der Waals surface area contributed by atoms with E-state index in [4.69, 9.17) is 5.26 Å². The van der Waals surface area contributed by atoms with Gasteiger partial charge in [0.25, 0.3) is 5.91 Å². The van der Waals surface area contributed by atoms with Crippen molar-refractivity contribution in [3.8, 4) is 28.7 Å². The van der Waals surface area contributed by atoms with E-state index in [0.29, 0.717) is 51.9 Å². The summed E-state index contributed by atoms with van der Waals surface area (Å²) >= 11 is 1.25. The van der Waals surface area contributed by atoms with Gasteiger partial charge < -0.3 is 0 Å². The molecule has 3 aromatic heterocycles. The Kier molecular flexibility index (Phi) is 4.76. The van der Waals surface area contributed by atoms with Crippen LogP contribution in [0.2, 0.25) is 0 Å². The van der Waals surface area contributed by atoms with Gasteiger partial charge in [-0.25, -0.2) is 9.37 Å². The van der Waals surface area contributed by atoms with Crippen molar-refractivity contribution in [2.24, 2.45) is 0 Å². The molecule has 0 aliphatic carbocycles. The first-order chi connectivity index (χ1) is 15.1. The Morgan fingerprint density at radius 1 is 1.26 bits per heavy atom. The lowest BCUT2D eigenvalue weighted by atomic mass is 10.0. The molecule has 4 aromatic rings. The summed E-state index contributed by atoms with van der Waals surface area (Å²) in [7, 11) is 0. The molecule has 0 saturated heterocycles. The van der Waals surface area contributed by atoms with Crippen LogP contribution in [0.25, 0.3) is 22.6 Å². The number of carbonyl (C=O) groups is 1. The van der Waals surface area contributed by atoms with Crippen LogP contribution in [0.15, 0.2) is 48.0 Å². The molecule has 1 N–H and O–H groups in total. The van der Waals surface area contributed by atoms with E-state index in [9.17, 15) is 9.18 Å². The zero-order valence-corrected chi connectivity index (χ0v) is 17.0. The second kappa shape index (κ2) is 7.74. The highest BCUT2D eigenvalue weighted by molar-refractivity contribution is 7.14. The fraction of sp³-hybridized carbons (Fsp3) is 0.136. The molecule has 152 valence electrons. The van der Waals surface area contributed by atoms with Crippen molar-refractivity contribution in [1.29, 1.82) is 5.26 Å². The highest BCUT2D eigenvalue weighted by atomic mass is 32.1. The number of rotatable bonds is 4. The summed E-state index contributed by atoms with van der Waals surface area (Å²) in [4.78, 5) is 21.9. The molecule has 0 fully saturated rings. The number of benzene rings is 1. The van der Waals surface area contributed by atoms with Gasteiger partial charge in [0, 0.05) is 23.7 Å². The molecule has 5 rings (SSSR count). The van der Waals surface area contributed by atoms with Crippen molar-refractivity contribution in [1.82, 2.24) is 19.7 Å². The minimum Gasteiger partial charge on any atom is -0.298 e. The van der Waals surface area contributed by atoms with Crippen LogP contribution >= 0.6 is 11.3 Å². The summed E-state index contributed by atoms with van der Waals surface area (Å²) in [5.41, 5.74) is 3.41. The molecule has 1 aliphatic rings. The highest BCUT2D eigenvalue weighted by Gasteiger charge is 2.29. The third kappa shape index (κ3) is 3.47. The summed E-state index contributed by atoms with van der Waals surface area (Å²) in [6, 6.07) is 11.6. The Labute approximate surface area is 180 Å². The number of anilines is 1. The molecule has 0 atom stereocenters. The van der Waals surface area contributed by atoms with Crippen LogP contribution in [0.5, 0.6) is 0 Å². The second-order valence-corrected chi connectivity index (χ2v) is 7.87. The van der Waals surface area contributed by atoms with E-state index in [1.165, 1.54) is 17.4 Å². The van der Waals surface area contributed by atoms with Gasteiger partial charge in [0.2, 0.25) is 0 Å². The lowest BCUT2D eigenvalue weighted by molar-refractivity contribution is 0.102. The van der Waals surface area contributed by atoms with E-state index in [2.05, 4.69) is 26.5 Å². The van der Waals surface area contributed by atoms with Gasteiger partial charge >= 0.3 is 0 Å². The van der Waals surface area contributed by atoms with Crippen LogP contribution in [0.1, 0.15) is 28.0 Å². The number of thiazole rings is 1. The molecule has 31 heavy (non-hydrogen) atoms. The predicted molar refractivity (Wildman–Crippen MR) is 114 cm³/mol. The van der Waals surface area contributed by atoms with Gasteiger partial charge in [0.15, 0.2) is 5.13 Å². The lowest BCUT2D eigenvalue weighted by Gasteiger charge is -2.06. The Hall–Kier alpha value is -3.90. The zero-order chi connectivity index (χ0) is 21.4. The van der Waals surface area contributed by atoms with Crippen LogP contribution < -0.4 is 5.32 Å². The number of hydrogen-bond donors (Lipinski definition) is 1. The highest BCUT2D eigenvalue weighted by Crippen LogP contribution is 2.32. The van der Waals surface area contributed by atoms with Crippen molar-refractivity contribution in [3.05, 3.63) is 70.6 Å². The first-order valence-electron chi connectivity index (χ1n) is 9.62. The number of amides is 1. The first-order valence-corrected chi connectivity index (χ1v) is 10.5. The molecule has 1 amide bonds. The van der Waals surface area contributed by atoms with Crippen molar-refractivity contribution in [2.45, 2.75) is 19.4 Å². The molecule has 1 aromatic carbocycles. The minimum atomic E-state index is -0.423. The van der Waals surface area contributed by atoms with Gasteiger partial charge in [-0.15, -0.1) is 11.3 Å². The topological polar surface area (TPSA) is 96.5 Å². The Morgan fingerprint density at radius 2 is 2.13 bits per heavy atom. The van der Waals surface area contributed by atoms with E-state index >= 15 is 0 Å². The molecule has 7 nitrogen and oxygen atoms in total. The molecule has 0 saturated carbocycles. The SMILES string of the molecule is N#Cc1ccnc(-c2csc(NC(=O)c3c(-c4ccccc4F)nn4c3CCC4)n2)c1. The zero-order valence-electron chi connectivity index (χ0n) is 16.2. The van der Waals surface area contributed by atoms with E-state index in [0.717, 1.165) is 12.1 Å². The maximum atomic E-state index is 14.4. The fourth-order valence-corrected chi connectivity index (χ4v) is 4.36. The van der Waals surface area contributed by atoms with E-state index < -0.39 is 5.82 Å². The number of fused-ring (bicyclic) bond motifs is 1. The number of nitrogens with zero attached hydrogens (tertiary/aromatic N) is 5. The van der Waals surface area contributed by atoms with Crippen molar-refractivity contribution in [2.75, 3.05) is 5.32 Å². The number of hydrogen-bond acceptors (Lipinski definition) is 6. The third-order valence-corrected chi connectivity index (χ3v) is 5.83. The van der Waals surface area contributed by atoms with Gasteiger partial charge in [0.05, 0.1) is 28.6 Å².